The van der Waals surface area contributed by atoms with E-state index < -0.39 is 0 Å². The molecule has 0 bridgehead atoms. The fourth-order valence-electron chi connectivity index (χ4n) is 4.21. The first-order chi connectivity index (χ1) is 11.6. The van der Waals surface area contributed by atoms with Crippen molar-refractivity contribution in [2.45, 2.75) is 44.8 Å². The molecule has 1 fully saturated rings. The van der Waals surface area contributed by atoms with E-state index in [1.165, 1.54) is 28.0 Å². The van der Waals surface area contributed by atoms with Crippen LogP contribution in [0.2, 0.25) is 0 Å². The second-order valence-electron chi connectivity index (χ2n) is 6.92. The van der Waals surface area contributed by atoms with E-state index in [2.05, 4.69) is 61.4 Å². The van der Waals surface area contributed by atoms with Gasteiger partial charge in [-0.15, -0.1) is 0 Å². The van der Waals surface area contributed by atoms with Crippen molar-refractivity contribution in [1.29, 1.82) is 0 Å². The van der Waals surface area contributed by atoms with E-state index in [4.69, 9.17) is 4.74 Å². The number of allylic oxidation sites excluding steroid dienone is 3. The molecule has 1 aromatic rings. The summed E-state index contributed by atoms with van der Waals surface area (Å²) in [5.74, 6) is -0.0457. The highest BCUT2D eigenvalue weighted by molar-refractivity contribution is 5.86. The van der Waals surface area contributed by atoms with Crippen molar-refractivity contribution in [2.75, 3.05) is 11.9 Å². The standard InChI is InChI=1S/C21H23NO2/c1-14-6-5-8-18-16(12-10-15-11-13-20(23)24-15)17-7-3-4-9-19(17)22(2)21(14)18/h3-9,15,21H,10-13H2,1-2H3. The Bertz CT molecular complexity index is 772. The summed E-state index contributed by atoms with van der Waals surface area (Å²) in [5.41, 5.74) is 6.76. The fraction of sp³-hybridized carbons (Fsp3) is 0.381. The van der Waals surface area contributed by atoms with Crippen molar-refractivity contribution in [3.05, 3.63) is 59.2 Å². The van der Waals surface area contributed by atoms with Gasteiger partial charge in [0.2, 0.25) is 0 Å². The predicted octanol–water partition coefficient (Wildman–Crippen LogP) is 4.26. The highest BCUT2D eigenvalue weighted by Crippen LogP contribution is 2.43. The molecule has 3 nitrogen and oxygen atoms in total. The van der Waals surface area contributed by atoms with Crippen LogP contribution in [-0.2, 0) is 9.53 Å². The van der Waals surface area contributed by atoms with E-state index in [-0.39, 0.29) is 12.1 Å². The number of hydrogen-bond acceptors (Lipinski definition) is 3. The van der Waals surface area contributed by atoms with Crippen molar-refractivity contribution in [3.63, 3.8) is 0 Å². The van der Waals surface area contributed by atoms with Crippen LogP contribution in [0.15, 0.2) is 53.6 Å². The van der Waals surface area contributed by atoms with Gasteiger partial charge in [0.15, 0.2) is 0 Å². The summed E-state index contributed by atoms with van der Waals surface area (Å²) in [6.07, 6.45) is 9.98. The van der Waals surface area contributed by atoms with Gasteiger partial charge in [-0.05, 0) is 49.0 Å². The lowest BCUT2D eigenvalue weighted by atomic mass is 9.81. The van der Waals surface area contributed by atoms with Gasteiger partial charge < -0.3 is 9.64 Å². The summed E-state index contributed by atoms with van der Waals surface area (Å²) in [6, 6.07) is 8.94. The molecule has 2 unspecified atom stereocenters. The summed E-state index contributed by atoms with van der Waals surface area (Å²) in [5, 5.41) is 0. The van der Waals surface area contributed by atoms with E-state index in [0.717, 1.165) is 19.3 Å². The Hall–Kier alpha value is -2.29. The monoisotopic (exact) mass is 321 g/mol. The summed E-state index contributed by atoms with van der Waals surface area (Å²) < 4.78 is 5.42. The van der Waals surface area contributed by atoms with Crippen LogP contribution in [0.3, 0.4) is 0 Å². The summed E-state index contributed by atoms with van der Waals surface area (Å²) in [7, 11) is 2.18. The van der Waals surface area contributed by atoms with Crippen LogP contribution in [0, 0.1) is 0 Å². The van der Waals surface area contributed by atoms with Gasteiger partial charge in [-0.2, -0.15) is 0 Å². The third kappa shape index (κ3) is 2.48. The second kappa shape index (κ2) is 5.97. The van der Waals surface area contributed by atoms with Crippen LogP contribution >= 0.6 is 0 Å². The van der Waals surface area contributed by atoms with Crippen LogP contribution in [0.1, 0.15) is 38.2 Å². The highest BCUT2D eigenvalue weighted by Gasteiger charge is 2.32. The molecule has 0 radical (unpaired) electrons. The SMILES string of the molecule is CC1=CC=CC2=C(CCC3CCC(=O)O3)c3ccccc3N(C)C12. The third-order valence-corrected chi connectivity index (χ3v) is 5.39. The molecule has 24 heavy (non-hydrogen) atoms. The number of anilines is 1. The van der Waals surface area contributed by atoms with E-state index in [9.17, 15) is 4.79 Å². The van der Waals surface area contributed by atoms with Gasteiger partial charge in [0, 0.05) is 24.7 Å². The Morgan fingerprint density at radius 2 is 2.12 bits per heavy atom. The topological polar surface area (TPSA) is 29.5 Å². The normalized spacial score (nSPS) is 25.3. The van der Waals surface area contributed by atoms with Crippen LogP contribution in [0.25, 0.3) is 5.57 Å². The quantitative estimate of drug-likeness (QED) is 0.779. The first-order valence-corrected chi connectivity index (χ1v) is 8.75. The molecule has 0 spiro atoms. The molecule has 2 heterocycles. The molecule has 3 heteroatoms. The van der Waals surface area contributed by atoms with Gasteiger partial charge in [-0.1, -0.05) is 36.4 Å². The van der Waals surface area contributed by atoms with Crippen molar-refractivity contribution < 1.29 is 9.53 Å². The van der Waals surface area contributed by atoms with Crippen LogP contribution in [0.4, 0.5) is 5.69 Å². The van der Waals surface area contributed by atoms with Crippen molar-refractivity contribution >= 4 is 17.2 Å². The Balaban J connectivity index is 1.71. The lowest BCUT2D eigenvalue weighted by Gasteiger charge is -2.40. The van der Waals surface area contributed by atoms with Gasteiger partial charge >= 0.3 is 5.97 Å². The smallest absolute Gasteiger partial charge is 0.306 e. The molecular formula is C21H23NO2. The number of cyclic esters (lactones) is 1. The Kier molecular flexibility index (Phi) is 3.79. The summed E-state index contributed by atoms with van der Waals surface area (Å²) in [4.78, 5) is 13.7. The zero-order valence-electron chi connectivity index (χ0n) is 14.3. The van der Waals surface area contributed by atoms with Crippen LogP contribution < -0.4 is 4.90 Å². The van der Waals surface area contributed by atoms with Gasteiger partial charge in [0.05, 0.1) is 6.04 Å². The minimum absolute atomic E-state index is 0.0457. The molecule has 124 valence electrons. The van der Waals surface area contributed by atoms with Gasteiger partial charge in [-0.3, -0.25) is 4.79 Å². The predicted molar refractivity (Wildman–Crippen MR) is 96.8 cm³/mol. The average Bonchev–Trinajstić information content (AvgIpc) is 3.00. The highest BCUT2D eigenvalue weighted by atomic mass is 16.5. The largest absolute Gasteiger partial charge is 0.462 e. The lowest BCUT2D eigenvalue weighted by Crippen LogP contribution is -2.38. The molecule has 2 atom stereocenters. The van der Waals surface area contributed by atoms with Gasteiger partial charge in [-0.25, -0.2) is 0 Å². The first kappa shape index (κ1) is 15.3. The van der Waals surface area contributed by atoms with E-state index >= 15 is 0 Å². The van der Waals surface area contributed by atoms with Crippen molar-refractivity contribution in [1.82, 2.24) is 0 Å². The molecule has 0 amide bonds. The number of nitrogens with zero attached hydrogens (tertiary/aromatic N) is 1. The number of para-hydroxylation sites is 1. The minimum atomic E-state index is -0.0457. The maximum atomic E-state index is 11.4. The molecule has 4 rings (SSSR count). The van der Waals surface area contributed by atoms with Crippen LogP contribution in [-0.4, -0.2) is 25.2 Å². The lowest BCUT2D eigenvalue weighted by molar-refractivity contribution is -0.141. The first-order valence-electron chi connectivity index (χ1n) is 8.75. The maximum Gasteiger partial charge on any atom is 0.306 e. The average molecular weight is 321 g/mol. The van der Waals surface area contributed by atoms with Crippen molar-refractivity contribution in [2.24, 2.45) is 0 Å². The zero-order valence-corrected chi connectivity index (χ0v) is 14.3. The molecular weight excluding hydrogens is 298 g/mol. The Morgan fingerprint density at radius 1 is 1.29 bits per heavy atom. The molecule has 1 aliphatic carbocycles. The number of esters is 1. The fourth-order valence-corrected chi connectivity index (χ4v) is 4.21. The Morgan fingerprint density at radius 3 is 2.92 bits per heavy atom. The maximum absolute atomic E-state index is 11.4. The molecule has 1 aromatic carbocycles. The third-order valence-electron chi connectivity index (χ3n) is 5.39. The molecule has 0 aromatic heterocycles. The summed E-state index contributed by atoms with van der Waals surface area (Å²) in [6.45, 7) is 2.20. The Labute approximate surface area is 143 Å². The van der Waals surface area contributed by atoms with E-state index in [0.29, 0.717) is 12.5 Å². The molecule has 0 N–H and O–H groups in total. The molecule has 2 aliphatic heterocycles. The minimum Gasteiger partial charge on any atom is -0.462 e. The number of fused-ring (bicyclic) bond motifs is 2. The van der Waals surface area contributed by atoms with Gasteiger partial charge in [0.1, 0.15) is 6.10 Å². The summed E-state index contributed by atoms with van der Waals surface area (Å²) >= 11 is 0. The number of ether oxygens (including phenoxy) is 1. The zero-order chi connectivity index (χ0) is 16.7. The van der Waals surface area contributed by atoms with Crippen molar-refractivity contribution in [3.8, 4) is 0 Å². The number of carbonyl (C=O) groups is 1. The molecule has 3 aliphatic rings. The molecule has 0 saturated carbocycles. The number of benzene rings is 1. The number of rotatable bonds is 3. The second-order valence-corrected chi connectivity index (χ2v) is 6.92. The van der Waals surface area contributed by atoms with Gasteiger partial charge in [0.25, 0.3) is 0 Å². The van der Waals surface area contributed by atoms with E-state index in [1.807, 2.05) is 0 Å². The van der Waals surface area contributed by atoms with E-state index in [1.54, 1.807) is 0 Å². The van der Waals surface area contributed by atoms with Crippen LogP contribution in [0.5, 0.6) is 0 Å². The number of carbonyl (C=O) groups excluding carboxylic acids is 1. The number of likely N-dealkylation sites (N-methyl/N-ethyl adjacent to an activating group) is 1. The molecule has 1 saturated heterocycles. The number of hydrogen-bond donors (Lipinski definition) is 0.